The highest BCUT2D eigenvalue weighted by atomic mass is 16.3. The molecule has 0 saturated carbocycles. The molecule has 7 nitrogen and oxygen atoms in total. The summed E-state index contributed by atoms with van der Waals surface area (Å²) in [6.07, 6.45) is 1.00. The van der Waals surface area contributed by atoms with Gasteiger partial charge in [-0.2, -0.15) is 0 Å². The number of aliphatic hydroxyl groups is 1. The van der Waals surface area contributed by atoms with Crippen LogP contribution in [0, 0.1) is 6.92 Å². The number of para-hydroxylation sites is 1. The number of piperazine rings is 1. The number of aryl methyl sites for hydroxylation is 1. The Bertz CT molecular complexity index is 878. The molecular weight excluding hydrogens is 356 g/mol. The van der Waals surface area contributed by atoms with Gasteiger partial charge in [-0.25, -0.2) is 9.97 Å². The molecule has 0 bridgehead atoms. The molecule has 28 heavy (non-hydrogen) atoms. The Kier molecular flexibility index (Phi) is 5.28. The molecule has 0 spiro atoms. The number of fused-ring (bicyclic) bond motifs is 1. The number of nitrogens with zero attached hydrogens (tertiary/aromatic N) is 3. The summed E-state index contributed by atoms with van der Waals surface area (Å²) >= 11 is 0. The van der Waals surface area contributed by atoms with E-state index in [9.17, 15) is 9.90 Å². The number of Topliss-reactive ketones (excluding diaryl/α,β-unsaturated/α-hetero) is 1. The molecule has 4 rings (SSSR count). The van der Waals surface area contributed by atoms with Gasteiger partial charge in [0.1, 0.15) is 12.3 Å². The van der Waals surface area contributed by atoms with Crippen LogP contribution in [0.3, 0.4) is 0 Å². The highest BCUT2D eigenvalue weighted by molar-refractivity contribution is 5.99. The van der Waals surface area contributed by atoms with E-state index in [1.807, 2.05) is 19.1 Å². The molecule has 1 aliphatic heterocycles. The van der Waals surface area contributed by atoms with E-state index < -0.39 is 0 Å². The Hall–Kier alpha value is -2.51. The predicted molar refractivity (Wildman–Crippen MR) is 105 cm³/mol. The van der Waals surface area contributed by atoms with Crippen molar-refractivity contribution in [3.8, 4) is 5.75 Å². The molecule has 7 heteroatoms. The van der Waals surface area contributed by atoms with Crippen LogP contribution in [0.4, 0.5) is 5.95 Å². The number of carbonyl (C=O) groups excluding carboxylic acids is 1. The van der Waals surface area contributed by atoms with Gasteiger partial charge >= 0.3 is 0 Å². The fourth-order valence-electron chi connectivity index (χ4n) is 4.38. The number of aromatic hydroxyl groups is 1. The zero-order chi connectivity index (χ0) is 19.7. The van der Waals surface area contributed by atoms with Crippen LogP contribution in [0.2, 0.25) is 0 Å². The standard InChI is InChI=1S/C21H26N4O3/c1-14-20-17(12-15(13-19(20)28)16-4-2-3-5-18(16)27)23-21(22-14)25-8-6-24(7-9-25)10-11-26/h2-5,15,26-27H,6-13H2,1H3/p+1/t15-/m1/s1. The van der Waals surface area contributed by atoms with E-state index >= 15 is 0 Å². The topological polar surface area (TPSA) is 91.0 Å². The molecule has 2 aromatic rings. The van der Waals surface area contributed by atoms with Gasteiger partial charge < -0.3 is 20.0 Å². The van der Waals surface area contributed by atoms with Crippen LogP contribution in [0.25, 0.3) is 0 Å². The molecule has 1 aromatic carbocycles. The van der Waals surface area contributed by atoms with Crippen molar-refractivity contribution in [2.24, 2.45) is 0 Å². The molecule has 0 amide bonds. The molecule has 2 aliphatic rings. The lowest BCUT2D eigenvalue weighted by molar-refractivity contribution is -0.900. The monoisotopic (exact) mass is 383 g/mol. The lowest BCUT2D eigenvalue weighted by Crippen LogP contribution is -3.15. The van der Waals surface area contributed by atoms with Crippen molar-refractivity contribution in [1.29, 1.82) is 0 Å². The minimum Gasteiger partial charge on any atom is -0.508 e. The zero-order valence-electron chi connectivity index (χ0n) is 16.2. The molecule has 1 aliphatic carbocycles. The lowest BCUT2D eigenvalue weighted by Gasteiger charge is -2.33. The highest BCUT2D eigenvalue weighted by Gasteiger charge is 2.32. The van der Waals surface area contributed by atoms with Gasteiger partial charge in [-0.1, -0.05) is 18.2 Å². The van der Waals surface area contributed by atoms with Crippen LogP contribution in [0.5, 0.6) is 5.75 Å². The van der Waals surface area contributed by atoms with Gasteiger partial charge in [-0.05, 0) is 25.0 Å². The lowest BCUT2D eigenvalue weighted by atomic mass is 9.81. The molecule has 148 valence electrons. The van der Waals surface area contributed by atoms with Crippen molar-refractivity contribution in [3.05, 3.63) is 46.8 Å². The molecule has 1 fully saturated rings. The summed E-state index contributed by atoms with van der Waals surface area (Å²) in [4.78, 5) is 25.8. The van der Waals surface area contributed by atoms with Gasteiger partial charge in [0.25, 0.3) is 0 Å². The number of hydrogen-bond donors (Lipinski definition) is 3. The Balaban J connectivity index is 1.60. The van der Waals surface area contributed by atoms with E-state index in [1.165, 1.54) is 4.90 Å². The van der Waals surface area contributed by atoms with Crippen molar-refractivity contribution >= 4 is 11.7 Å². The summed E-state index contributed by atoms with van der Waals surface area (Å²) in [5.41, 5.74) is 2.99. The fourth-order valence-corrected chi connectivity index (χ4v) is 4.38. The van der Waals surface area contributed by atoms with Gasteiger partial charge in [-0.3, -0.25) is 4.79 Å². The van der Waals surface area contributed by atoms with Gasteiger partial charge in [0.15, 0.2) is 5.78 Å². The second-order valence-corrected chi connectivity index (χ2v) is 7.73. The Morgan fingerprint density at radius 1 is 1.18 bits per heavy atom. The second-order valence-electron chi connectivity index (χ2n) is 7.73. The van der Waals surface area contributed by atoms with E-state index in [1.54, 1.807) is 12.1 Å². The van der Waals surface area contributed by atoms with Crippen molar-refractivity contribution in [2.45, 2.75) is 25.7 Å². The maximum atomic E-state index is 12.8. The third kappa shape index (κ3) is 3.59. The number of phenolic OH excluding ortho intramolecular Hbond substituents is 1. The Morgan fingerprint density at radius 3 is 2.64 bits per heavy atom. The molecule has 3 N–H and O–H groups in total. The van der Waals surface area contributed by atoms with Crippen molar-refractivity contribution < 1.29 is 19.9 Å². The largest absolute Gasteiger partial charge is 0.508 e. The number of hydrogen-bond acceptors (Lipinski definition) is 6. The van der Waals surface area contributed by atoms with E-state index in [2.05, 4.69) is 9.88 Å². The third-order valence-electron chi connectivity index (χ3n) is 5.90. The Morgan fingerprint density at radius 2 is 1.93 bits per heavy atom. The summed E-state index contributed by atoms with van der Waals surface area (Å²) < 4.78 is 0. The summed E-state index contributed by atoms with van der Waals surface area (Å²) in [6.45, 7) is 6.43. The molecule has 0 unspecified atom stereocenters. The van der Waals surface area contributed by atoms with E-state index in [0.29, 0.717) is 24.4 Å². The maximum absolute atomic E-state index is 12.8. The first-order chi connectivity index (χ1) is 13.6. The molecule has 1 saturated heterocycles. The minimum atomic E-state index is -0.0609. The summed E-state index contributed by atoms with van der Waals surface area (Å²) in [7, 11) is 0. The van der Waals surface area contributed by atoms with Gasteiger partial charge in [-0.15, -0.1) is 0 Å². The highest BCUT2D eigenvalue weighted by Crippen LogP contribution is 2.37. The van der Waals surface area contributed by atoms with Crippen molar-refractivity contribution in [3.63, 3.8) is 0 Å². The number of quaternary nitrogens is 1. The molecule has 0 radical (unpaired) electrons. The predicted octanol–water partition coefficient (Wildman–Crippen LogP) is 0.101. The number of nitrogens with one attached hydrogen (secondary N) is 1. The molecule has 1 atom stereocenters. The summed E-state index contributed by atoms with van der Waals surface area (Å²) in [5.74, 6) is 0.910. The van der Waals surface area contributed by atoms with Gasteiger partial charge in [0.05, 0.1) is 49.7 Å². The number of ketones is 1. The number of aliphatic hydroxyl groups excluding tert-OH is 1. The number of phenols is 1. The van der Waals surface area contributed by atoms with Crippen LogP contribution in [0.15, 0.2) is 24.3 Å². The second kappa shape index (κ2) is 7.85. The van der Waals surface area contributed by atoms with Crippen LogP contribution in [-0.2, 0) is 6.42 Å². The van der Waals surface area contributed by atoms with Crippen LogP contribution in [0.1, 0.15) is 39.6 Å². The Labute approximate surface area is 164 Å². The SMILES string of the molecule is Cc1nc(N2CC[NH+](CCO)CC2)nc2c1C(=O)C[C@H](c1ccccc1O)C2. The summed E-state index contributed by atoms with van der Waals surface area (Å²) in [6, 6.07) is 7.23. The van der Waals surface area contributed by atoms with Crippen molar-refractivity contribution in [1.82, 2.24) is 9.97 Å². The maximum Gasteiger partial charge on any atom is 0.226 e. The first-order valence-electron chi connectivity index (χ1n) is 9.94. The average molecular weight is 383 g/mol. The van der Waals surface area contributed by atoms with Crippen LogP contribution < -0.4 is 9.80 Å². The van der Waals surface area contributed by atoms with E-state index in [-0.39, 0.29) is 24.1 Å². The molecule has 1 aromatic heterocycles. The zero-order valence-corrected chi connectivity index (χ0v) is 16.2. The number of aromatic nitrogens is 2. The van der Waals surface area contributed by atoms with E-state index in [0.717, 1.165) is 49.7 Å². The number of rotatable bonds is 4. The van der Waals surface area contributed by atoms with Gasteiger partial charge in [0, 0.05) is 12.3 Å². The van der Waals surface area contributed by atoms with E-state index in [4.69, 9.17) is 10.1 Å². The number of anilines is 1. The normalized spacial score (nSPS) is 20.3. The first-order valence-corrected chi connectivity index (χ1v) is 9.94. The molecule has 2 heterocycles. The van der Waals surface area contributed by atoms with Crippen molar-refractivity contribution in [2.75, 3.05) is 44.2 Å². The van der Waals surface area contributed by atoms with Crippen LogP contribution >= 0.6 is 0 Å². The fraction of sp³-hybridized carbons (Fsp3) is 0.476. The van der Waals surface area contributed by atoms with Gasteiger partial charge in [0.2, 0.25) is 5.95 Å². The number of benzene rings is 1. The molecular formula is C21H27N4O3+. The quantitative estimate of drug-likeness (QED) is 0.694. The smallest absolute Gasteiger partial charge is 0.226 e. The minimum absolute atomic E-state index is 0.0516. The van der Waals surface area contributed by atoms with Crippen LogP contribution in [-0.4, -0.2) is 65.3 Å². The third-order valence-corrected chi connectivity index (χ3v) is 5.90. The number of carbonyl (C=O) groups is 1. The average Bonchev–Trinajstić information content (AvgIpc) is 2.68. The first kappa shape index (κ1) is 18.8. The summed E-state index contributed by atoms with van der Waals surface area (Å²) in [5, 5.41) is 19.3.